The average molecular weight is 351 g/mol. The van der Waals surface area contributed by atoms with Gasteiger partial charge in [-0.1, -0.05) is 68.4 Å². The van der Waals surface area contributed by atoms with Gasteiger partial charge in [0.2, 0.25) is 0 Å². The molecule has 0 N–H and O–H groups in total. The summed E-state index contributed by atoms with van der Waals surface area (Å²) in [6, 6.07) is 1.52. The van der Waals surface area contributed by atoms with Gasteiger partial charge in [0.15, 0.2) is 0 Å². The van der Waals surface area contributed by atoms with Crippen molar-refractivity contribution in [2.24, 2.45) is 16.7 Å². The predicted octanol–water partition coefficient (Wildman–Crippen LogP) is 7.04. The minimum absolute atomic E-state index is 0.134. The molecule has 2 saturated carbocycles. The fourth-order valence-electron chi connectivity index (χ4n) is 8.03. The zero-order chi connectivity index (χ0) is 18.4. The lowest BCUT2D eigenvalue weighted by Gasteiger charge is -2.49. The smallest absolute Gasteiger partial charge is 0.0739 e. The Bertz CT molecular complexity index is 509. The average Bonchev–Trinajstić information content (AvgIpc) is 3.07. The second kappa shape index (κ2) is 4.91. The topological polar surface area (TPSA) is 9.23 Å². The highest BCUT2D eigenvalue weighted by atomic mass is 28.3. The van der Waals surface area contributed by atoms with Crippen LogP contribution in [0.3, 0.4) is 0 Å². The van der Waals surface area contributed by atoms with Crippen LogP contribution in [0.2, 0.25) is 21.7 Å². The van der Waals surface area contributed by atoms with Gasteiger partial charge in [0.25, 0.3) is 0 Å². The summed E-state index contributed by atoms with van der Waals surface area (Å²) in [4.78, 5) is 0. The Morgan fingerprint density at radius 3 is 1.83 bits per heavy atom. The van der Waals surface area contributed by atoms with Crippen LogP contribution in [0.1, 0.15) is 88.0 Å². The molecule has 3 rings (SSSR count). The molecule has 0 aromatic heterocycles. The zero-order valence-electron chi connectivity index (χ0n) is 18.1. The Balaban J connectivity index is 1.92. The molecule has 3 fully saturated rings. The number of hydrogen-bond acceptors (Lipinski definition) is 1. The van der Waals surface area contributed by atoms with Crippen LogP contribution < -0.4 is 0 Å². The maximum atomic E-state index is 6.46. The summed E-state index contributed by atoms with van der Waals surface area (Å²) in [6.07, 6.45) is 5.42. The van der Waals surface area contributed by atoms with E-state index >= 15 is 0 Å². The summed E-state index contributed by atoms with van der Waals surface area (Å²) in [5.74, 6) is 0.863. The first-order valence-corrected chi connectivity index (χ1v) is 12.5. The highest BCUT2D eigenvalue weighted by Crippen LogP contribution is 2.78. The van der Waals surface area contributed by atoms with E-state index < -0.39 is 8.07 Å². The van der Waals surface area contributed by atoms with Crippen molar-refractivity contribution in [3.63, 3.8) is 0 Å². The van der Waals surface area contributed by atoms with Gasteiger partial charge in [0.1, 0.15) is 0 Å². The molecule has 24 heavy (non-hydrogen) atoms. The first-order valence-electron chi connectivity index (χ1n) is 10.2. The summed E-state index contributed by atoms with van der Waals surface area (Å²) in [7, 11) is 0.712. The Morgan fingerprint density at radius 2 is 1.54 bits per heavy atom. The van der Waals surface area contributed by atoms with Crippen LogP contribution in [-0.4, -0.2) is 20.8 Å². The SMILES string of the molecule is CO[C@]1(C[C@H]2C[Si]2(C(C)(C)C)C(C)(C)C)C[C@H]2CC[C@]1(C)C2(C)C. The molecule has 1 nitrogen and oxygen atoms in total. The van der Waals surface area contributed by atoms with Gasteiger partial charge in [-0.25, -0.2) is 0 Å². The highest BCUT2D eigenvalue weighted by Gasteiger charge is 2.74. The number of ether oxygens (including phenoxy) is 1. The molecule has 0 radical (unpaired) electrons. The summed E-state index contributed by atoms with van der Waals surface area (Å²) in [5.41, 5.74) is 1.88. The third-order valence-corrected chi connectivity index (χ3v) is 17.5. The van der Waals surface area contributed by atoms with Crippen LogP contribution >= 0.6 is 0 Å². The van der Waals surface area contributed by atoms with Gasteiger partial charge in [-0.3, -0.25) is 0 Å². The first-order chi connectivity index (χ1) is 10.7. The maximum absolute atomic E-state index is 6.46. The fourth-order valence-corrected chi connectivity index (χ4v) is 16.0. The number of fused-ring (bicyclic) bond motifs is 2. The molecule has 1 heterocycles. The van der Waals surface area contributed by atoms with Crippen molar-refractivity contribution in [3.8, 4) is 0 Å². The van der Waals surface area contributed by atoms with E-state index in [1.165, 1.54) is 31.7 Å². The lowest BCUT2D eigenvalue weighted by atomic mass is 9.63. The Labute approximate surface area is 152 Å². The first kappa shape index (κ1) is 19.0. The van der Waals surface area contributed by atoms with Gasteiger partial charge >= 0.3 is 0 Å². The van der Waals surface area contributed by atoms with Crippen LogP contribution in [0.25, 0.3) is 0 Å². The van der Waals surface area contributed by atoms with Crippen molar-refractivity contribution < 1.29 is 4.74 Å². The van der Waals surface area contributed by atoms with Crippen molar-refractivity contribution in [1.29, 1.82) is 0 Å². The molecule has 2 bridgehead atoms. The van der Waals surface area contributed by atoms with Crippen molar-refractivity contribution in [1.82, 2.24) is 0 Å². The van der Waals surface area contributed by atoms with Crippen LogP contribution in [0.15, 0.2) is 0 Å². The third-order valence-electron chi connectivity index (χ3n) is 9.77. The van der Waals surface area contributed by atoms with E-state index in [0.717, 1.165) is 11.5 Å². The highest BCUT2D eigenvalue weighted by molar-refractivity contribution is 6.95. The van der Waals surface area contributed by atoms with Crippen LogP contribution in [0.5, 0.6) is 0 Å². The monoisotopic (exact) mass is 350 g/mol. The van der Waals surface area contributed by atoms with Gasteiger partial charge in [0.05, 0.1) is 13.7 Å². The van der Waals surface area contributed by atoms with Crippen LogP contribution in [0.4, 0.5) is 0 Å². The molecule has 2 aliphatic carbocycles. The number of methoxy groups -OCH3 is 1. The minimum atomic E-state index is -1.30. The van der Waals surface area contributed by atoms with E-state index in [9.17, 15) is 0 Å². The van der Waals surface area contributed by atoms with Crippen molar-refractivity contribution in [2.45, 2.75) is 115 Å². The van der Waals surface area contributed by atoms with Crippen molar-refractivity contribution in [2.75, 3.05) is 7.11 Å². The van der Waals surface area contributed by atoms with Gasteiger partial charge in [-0.15, -0.1) is 0 Å². The quantitative estimate of drug-likeness (QED) is 0.496. The van der Waals surface area contributed by atoms with E-state index in [-0.39, 0.29) is 5.60 Å². The largest absolute Gasteiger partial charge is 0.378 e. The molecule has 4 atom stereocenters. The van der Waals surface area contributed by atoms with E-state index in [4.69, 9.17) is 4.74 Å². The van der Waals surface area contributed by atoms with E-state index in [0.29, 0.717) is 20.9 Å². The summed E-state index contributed by atoms with van der Waals surface area (Å²) in [5, 5.41) is 0.998. The molecule has 0 unspecified atom stereocenters. The second-order valence-electron chi connectivity index (χ2n) is 12.3. The molecule has 3 aliphatic rings. The third kappa shape index (κ3) is 2.02. The second-order valence-corrected chi connectivity index (χ2v) is 18.4. The van der Waals surface area contributed by atoms with E-state index in [2.05, 4.69) is 62.3 Å². The molecule has 0 spiro atoms. The molecule has 0 aromatic rings. The van der Waals surface area contributed by atoms with Gasteiger partial charge in [-0.05, 0) is 52.6 Å². The standard InChI is InChI=1S/C22H42OSi/c1-18(2,3)24(19(4,5)6)15-17(24)14-22(23-10)13-16-11-12-21(22,9)20(16,7)8/h16-17H,11-15H2,1-10H3/t16-,17+,21-,22+/m1/s1. The predicted molar refractivity (Wildman–Crippen MR) is 107 cm³/mol. The molecular weight excluding hydrogens is 308 g/mol. The Morgan fingerprint density at radius 1 is 1.00 bits per heavy atom. The van der Waals surface area contributed by atoms with Gasteiger partial charge in [0, 0.05) is 12.5 Å². The lowest BCUT2D eigenvalue weighted by molar-refractivity contribution is -0.121. The molecule has 1 aliphatic heterocycles. The fraction of sp³-hybridized carbons (Fsp3) is 1.00. The van der Waals surface area contributed by atoms with Gasteiger partial charge < -0.3 is 4.74 Å². The van der Waals surface area contributed by atoms with Crippen molar-refractivity contribution >= 4 is 8.07 Å². The lowest BCUT2D eigenvalue weighted by Crippen LogP contribution is -2.50. The molecule has 2 heteroatoms. The summed E-state index contributed by atoms with van der Waals surface area (Å²) < 4.78 is 6.46. The van der Waals surface area contributed by atoms with E-state index in [1.807, 2.05) is 7.11 Å². The molecule has 0 amide bonds. The van der Waals surface area contributed by atoms with Crippen LogP contribution in [0, 0.1) is 16.7 Å². The van der Waals surface area contributed by atoms with Crippen LogP contribution in [-0.2, 0) is 4.74 Å². The number of rotatable bonds is 3. The molecular formula is C22H42OSi. The van der Waals surface area contributed by atoms with E-state index in [1.54, 1.807) is 0 Å². The normalized spacial score (nSPS) is 43.2. The Hall–Kier alpha value is 0.177. The maximum Gasteiger partial charge on any atom is 0.0739 e. The number of hydrogen-bond donors (Lipinski definition) is 0. The Kier molecular flexibility index (Phi) is 3.88. The van der Waals surface area contributed by atoms with Crippen molar-refractivity contribution in [3.05, 3.63) is 0 Å². The molecule has 140 valence electrons. The van der Waals surface area contributed by atoms with Gasteiger partial charge in [-0.2, -0.15) is 0 Å². The zero-order valence-corrected chi connectivity index (χ0v) is 19.1. The summed E-state index contributed by atoms with van der Waals surface area (Å²) in [6.45, 7) is 22.8. The minimum Gasteiger partial charge on any atom is -0.378 e. The molecule has 1 saturated heterocycles. The molecule has 0 aromatic carbocycles. The summed E-state index contributed by atoms with van der Waals surface area (Å²) >= 11 is 0.